The van der Waals surface area contributed by atoms with E-state index in [0.29, 0.717) is 0 Å². The van der Waals surface area contributed by atoms with Gasteiger partial charge in [-0.1, -0.05) is 79.7 Å². The Morgan fingerprint density at radius 3 is 2.30 bits per heavy atom. The molecule has 1 fully saturated rings. The van der Waals surface area contributed by atoms with E-state index in [9.17, 15) is 4.79 Å². The first-order chi connectivity index (χ1) is 16.2. The van der Waals surface area contributed by atoms with Crippen molar-refractivity contribution in [2.75, 3.05) is 26.2 Å². The fourth-order valence-corrected chi connectivity index (χ4v) is 4.67. The van der Waals surface area contributed by atoms with Crippen LogP contribution in [-0.2, 0) is 13.0 Å². The Morgan fingerprint density at radius 1 is 0.879 bits per heavy atom. The van der Waals surface area contributed by atoms with Crippen molar-refractivity contribution in [3.63, 3.8) is 0 Å². The number of benzene rings is 3. The molecule has 4 nitrogen and oxygen atoms in total. The maximum atomic E-state index is 13.7. The van der Waals surface area contributed by atoms with Crippen LogP contribution in [0.4, 0.5) is 0 Å². The molecular formula is C29H30N3O+. The summed E-state index contributed by atoms with van der Waals surface area (Å²) in [5, 5.41) is 0.926. The van der Waals surface area contributed by atoms with Crippen molar-refractivity contribution >= 4 is 16.8 Å². The van der Waals surface area contributed by atoms with Gasteiger partial charge in [-0.15, -0.1) is 0 Å². The number of pyridine rings is 1. The van der Waals surface area contributed by atoms with Crippen molar-refractivity contribution in [2.45, 2.75) is 19.9 Å². The highest BCUT2D eigenvalue weighted by molar-refractivity contribution is 6.07. The molecule has 2 heterocycles. The molecule has 1 N–H and O–H groups in total. The number of carbonyl (C=O) groups excluding carboxylic acids is 1. The molecule has 0 radical (unpaired) electrons. The van der Waals surface area contributed by atoms with E-state index in [1.54, 1.807) is 0 Å². The van der Waals surface area contributed by atoms with Gasteiger partial charge in [-0.05, 0) is 24.1 Å². The molecule has 1 aliphatic rings. The van der Waals surface area contributed by atoms with Gasteiger partial charge in [-0.25, -0.2) is 4.98 Å². The third-order valence-corrected chi connectivity index (χ3v) is 6.66. The maximum Gasteiger partial charge on any atom is 0.255 e. The first kappa shape index (κ1) is 21.4. The molecule has 166 valence electrons. The van der Waals surface area contributed by atoms with Crippen LogP contribution in [0.3, 0.4) is 0 Å². The highest BCUT2D eigenvalue weighted by Gasteiger charge is 2.26. The van der Waals surface area contributed by atoms with Gasteiger partial charge < -0.3 is 9.80 Å². The Hall–Kier alpha value is -3.50. The minimum absolute atomic E-state index is 0.110. The Bertz CT molecular complexity index is 1240. The lowest BCUT2D eigenvalue weighted by atomic mass is 10.0. The van der Waals surface area contributed by atoms with E-state index >= 15 is 0 Å². The number of fused-ring (bicyclic) bond motifs is 1. The molecule has 0 bridgehead atoms. The second kappa shape index (κ2) is 9.55. The van der Waals surface area contributed by atoms with E-state index < -0.39 is 0 Å². The van der Waals surface area contributed by atoms with Gasteiger partial charge in [0.15, 0.2) is 0 Å². The highest BCUT2D eigenvalue weighted by atomic mass is 16.2. The zero-order chi connectivity index (χ0) is 22.6. The predicted octanol–water partition coefficient (Wildman–Crippen LogP) is 4.01. The van der Waals surface area contributed by atoms with Crippen molar-refractivity contribution in [1.29, 1.82) is 0 Å². The Kier molecular flexibility index (Phi) is 6.18. The van der Waals surface area contributed by atoms with E-state index in [1.807, 2.05) is 35.2 Å². The summed E-state index contributed by atoms with van der Waals surface area (Å²) in [6.45, 7) is 6.65. The van der Waals surface area contributed by atoms with E-state index in [0.717, 1.165) is 66.9 Å². The van der Waals surface area contributed by atoms with Crippen LogP contribution in [0.2, 0.25) is 0 Å². The molecule has 4 aromatic rings. The van der Waals surface area contributed by atoms with Crippen molar-refractivity contribution in [1.82, 2.24) is 9.88 Å². The van der Waals surface area contributed by atoms with Gasteiger partial charge in [0.25, 0.3) is 5.91 Å². The monoisotopic (exact) mass is 436 g/mol. The van der Waals surface area contributed by atoms with E-state index in [1.165, 1.54) is 16.0 Å². The van der Waals surface area contributed by atoms with E-state index in [-0.39, 0.29) is 5.91 Å². The van der Waals surface area contributed by atoms with E-state index in [4.69, 9.17) is 4.98 Å². The number of amides is 1. The lowest BCUT2D eigenvalue weighted by Crippen LogP contribution is -3.13. The molecule has 0 saturated carbocycles. The van der Waals surface area contributed by atoms with Crippen LogP contribution in [0.15, 0.2) is 84.9 Å². The summed E-state index contributed by atoms with van der Waals surface area (Å²) in [5.41, 5.74) is 6.17. The Balaban J connectivity index is 1.38. The van der Waals surface area contributed by atoms with Gasteiger partial charge >= 0.3 is 0 Å². The average molecular weight is 437 g/mol. The summed E-state index contributed by atoms with van der Waals surface area (Å²) in [7, 11) is 0. The van der Waals surface area contributed by atoms with Crippen LogP contribution >= 0.6 is 0 Å². The normalized spacial score (nSPS) is 14.5. The molecule has 0 atom stereocenters. The number of hydrogen-bond acceptors (Lipinski definition) is 2. The lowest BCUT2D eigenvalue weighted by molar-refractivity contribution is -0.917. The third-order valence-electron chi connectivity index (χ3n) is 6.66. The summed E-state index contributed by atoms with van der Waals surface area (Å²) in [4.78, 5) is 22.1. The molecule has 3 aromatic carbocycles. The standard InChI is InChI=1S/C29H29N3O/c1-2-22-12-14-24(15-13-22)28-20-26(25-10-6-7-11-27(25)30-28)29(33)32-18-16-31(17-19-32)21-23-8-4-3-5-9-23/h3-15,20H,2,16-19,21H2,1H3/p+1. The molecule has 0 unspecified atom stereocenters. The highest BCUT2D eigenvalue weighted by Crippen LogP contribution is 2.26. The molecule has 4 heteroatoms. The number of hydrogen-bond donors (Lipinski definition) is 1. The summed E-state index contributed by atoms with van der Waals surface area (Å²) in [5.74, 6) is 0.110. The average Bonchev–Trinajstić information content (AvgIpc) is 2.89. The topological polar surface area (TPSA) is 37.6 Å². The zero-order valence-electron chi connectivity index (χ0n) is 19.1. The van der Waals surface area contributed by atoms with Crippen molar-refractivity contribution in [3.8, 4) is 11.3 Å². The molecule has 33 heavy (non-hydrogen) atoms. The van der Waals surface area contributed by atoms with Gasteiger partial charge in [0.05, 0.1) is 43.0 Å². The van der Waals surface area contributed by atoms with Crippen LogP contribution in [0, 0.1) is 0 Å². The number of piperazine rings is 1. The van der Waals surface area contributed by atoms with E-state index in [2.05, 4.69) is 61.5 Å². The number of quaternary nitrogens is 1. The maximum absolute atomic E-state index is 13.7. The number of carbonyl (C=O) groups is 1. The summed E-state index contributed by atoms with van der Waals surface area (Å²) in [6, 6.07) is 29.1. The SMILES string of the molecule is CCc1ccc(-c2cc(C(=O)N3CC[NH+](Cc4ccccc4)CC3)c3ccccc3n2)cc1. The van der Waals surface area contributed by atoms with Crippen molar-refractivity contribution in [3.05, 3.63) is 102 Å². The minimum atomic E-state index is 0.110. The quantitative estimate of drug-likeness (QED) is 0.513. The smallest absolute Gasteiger partial charge is 0.255 e. The van der Waals surface area contributed by atoms with Gasteiger partial charge in [0.1, 0.15) is 6.54 Å². The summed E-state index contributed by atoms with van der Waals surface area (Å²) < 4.78 is 0. The van der Waals surface area contributed by atoms with Crippen LogP contribution in [0.5, 0.6) is 0 Å². The van der Waals surface area contributed by atoms with Crippen LogP contribution in [0.25, 0.3) is 22.2 Å². The summed E-state index contributed by atoms with van der Waals surface area (Å²) >= 11 is 0. The molecule has 1 aromatic heterocycles. The molecule has 1 amide bonds. The van der Waals surface area contributed by atoms with Crippen LogP contribution in [-0.4, -0.2) is 42.0 Å². The molecule has 0 aliphatic carbocycles. The van der Waals surface area contributed by atoms with Gasteiger partial charge in [-0.2, -0.15) is 0 Å². The fourth-order valence-electron chi connectivity index (χ4n) is 4.67. The third kappa shape index (κ3) is 4.67. The number of nitrogens with one attached hydrogen (secondary N) is 1. The van der Waals surface area contributed by atoms with Gasteiger partial charge in [-0.3, -0.25) is 4.79 Å². The molecule has 0 spiro atoms. The largest absolute Gasteiger partial charge is 0.328 e. The van der Waals surface area contributed by atoms with Gasteiger partial charge in [0, 0.05) is 16.5 Å². The van der Waals surface area contributed by atoms with Crippen LogP contribution < -0.4 is 4.90 Å². The number of para-hydroxylation sites is 1. The molecule has 1 aliphatic heterocycles. The molecule has 5 rings (SSSR count). The predicted molar refractivity (Wildman–Crippen MR) is 133 cm³/mol. The lowest BCUT2D eigenvalue weighted by Gasteiger charge is -2.32. The fraction of sp³-hybridized carbons (Fsp3) is 0.241. The first-order valence-electron chi connectivity index (χ1n) is 11.9. The van der Waals surface area contributed by atoms with Gasteiger partial charge in [0.2, 0.25) is 0 Å². The van der Waals surface area contributed by atoms with Crippen LogP contribution in [0.1, 0.15) is 28.4 Å². The van der Waals surface area contributed by atoms with Crippen molar-refractivity contribution < 1.29 is 9.69 Å². The Labute approximate surface area is 195 Å². The zero-order valence-corrected chi connectivity index (χ0v) is 19.1. The first-order valence-corrected chi connectivity index (χ1v) is 11.9. The number of rotatable bonds is 5. The Morgan fingerprint density at radius 2 is 1.58 bits per heavy atom. The minimum Gasteiger partial charge on any atom is -0.328 e. The number of aryl methyl sites for hydroxylation is 1. The van der Waals surface area contributed by atoms with Crippen molar-refractivity contribution in [2.24, 2.45) is 0 Å². The second-order valence-electron chi connectivity index (χ2n) is 8.83. The number of nitrogens with zero attached hydrogens (tertiary/aromatic N) is 2. The molecule has 1 saturated heterocycles. The second-order valence-corrected chi connectivity index (χ2v) is 8.83. The summed E-state index contributed by atoms with van der Waals surface area (Å²) in [6.07, 6.45) is 1.01. The molecular weight excluding hydrogens is 406 g/mol. The number of aromatic nitrogens is 1.